The van der Waals surface area contributed by atoms with Crippen LogP contribution < -0.4 is 16.6 Å². The third kappa shape index (κ3) is 4.31. The molecule has 26 heavy (non-hydrogen) atoms. The van der Waals surface area contributed by atoms with Gasteiger partial charge >= 0.3 is 6.03 Å². The van der Waals surface area contributed by atoms with Gasteiger partial charge in [-0.2, -0.15) is 0 Å². The number of rotatable bonds is 4. The minimum atomic E-state index is -0.444. The fraction of sp³-hybridized carbons (Fsp3) is 0.300. The van der Waals surface area contributed by atoms with Crippen molar-refractivity contribution in [2.24, 2.45) is 11.8 Å². The highest BCUT2D eigenvalue weighted by molar-refractivity contribution is 9.10. The van der Waals surface area contributed by atoms with Crippen LogP contribution >= 0.6 is 15.9 Å². The number of nitrogens with one attached hydrogen (secondary N) is 2. The number of urea groups is 1. The average molecular weight is 416 g/mol. The molecule has 0 radical (unpaired) electrons. The number of Topliss-reactive ketones (excluding diaryl/α,β-unsaturated/α-hetero) is 1. The van der Waals surface area contributed by atoms with Crippen molar-refractivity contribution in [1.29, 1.82) is 0 Å². The maximum atomic E-state index is 13.0. The van der Waals surface area contributed by atoms with E-state index in [2.05, 4.69) is 26.7 Å². The van der Waals surface area contributed by atoms with E-state index in [1.54, 1.807) is 0 Å². The van der Waals surface area contributed by atoms with Gasteiger partial charge < -0.3 is 5.32 Å². The normalized spacial score (nSPS) is 19.6. The zero-order chi connectivity index (χ0) is 18.5. The molecular weight excluding hydrogens is 394 g/mol. The highest BCUT2D eigenvalue weighted by Crippen LogP contribution is 2.29. The summed E-state index contributed by atoms with van der Waals surface area (Å²) in [5, 5.41) is 2.81. The van der Waals surface area contributed by atoms with E-state index in [9.17, 15) is 9.59 Å². The van der Waals surface area contributed by atoms with Gasteiger partial charge in [-0.3, -0.25) is 10.2 Å². The van der Waals surface area contributed by atoms with Crippen molar-refractivity contribution in [1.82, 2.24) is 10.7 Å². The molecule has 0 aromatic heterocycles. The molecular formula is C20H22BrN3O2. The van der Waals surface area contributed by atoms with E-state index in [0.717, 1.165) is 41.3 Å². The van der Waals surface area contributed by atoms with Crippen LogP contribution in [0.1, 0.15) is 36.0 Å². The van der Waals surface area contributed by atoms with E-state index in [0.29, 0.717) is 5.56 Å². The lowest BCUT2D eigenvalue weighted by Crippen LogP contribution is -2.50. The lowest BCUT2D eigenvalue weighted by atomic mass is 9.79. The smallest absolute Gasteiger partial charge is 0.329 e. The van der Waals surface area contributed by atoms with E-state index >= 15 is 0 Å². The van der Waals surface area contributed by atoms with Crippen LogP contribution in [0.15, 0.2) is 53.0 Å². The first-order valence-corrected chi connectivity index (χ1v) is 9.55. The molecule has 1 saturated carbocycles. The standard InChI is InChI=1S/C20H22BrN3O2/c21-16-11-9-14(10-12-16)13-5-7-15(8-6-13)19(25)17-3-1-2-4-18(17)23-20(26)24-22/h5-12,17-18H,1-4,22H2,(H2,23,24,26). The Bertz CT molecular complexity index is 775. The number of hydrogen-bond acceptors (Lipinski definition) is 3. The molecule has 2 aromatic rings. The highest BCUT2D eigenvalue weighted by atomic mass is 79.9. The molecule has 4 N–H and O–H groups in total. The molecule has 2 atom stereocenters. The summed E-state index contributed by atoms with van der Waals surface area (Å²) in [7, 11) is 0. The van der Waals surface area contributed by atoms with Crippen molar-refractivity contribution in [3.05, 3.63) is 58.6 Å². The number of hydrogen-bond donors (Lipinski definition) is 3. The second kappa shape index (κ2) is 8.47. The van der Waals surface area contributed by atoms with Crippen LogP contribution in [0.3, 0.4) is 0 Å². The first-order valence-electron chi connectivity index (χ1n) is 8.76. The molecule has 2 aromatic carbocycles. The second-order valence-corrected chi connectivity index (χ2v) is 7.48. The fourth-order valence-corrected chi connectivity index (χ4v) is 3.78. The van der Waals surface area contributed by atoms with Crippen molar-refractivity contribution in [3.8, 4) is 11.1 Å². The SMILES string of the molecule is NNC(=O)NC1CCCCC1C(=O)c1ccc(-c2ccc(Br)cc2)cc1. The van der Waals surface area contributed by atoms with Gasteiger partial charge in [-0.15, -0.1) is 0 Å². The Labute approximate surface area is 161 Å². The molecule has 0 aliphatic heterocycles. The van der Waals surface area contributed by atoms with E-state index in [1.807, 2.05) is 48.5 Å². The largest absolute Gasteiger partial charge is 0.334 e. The van der Waals surface area contributed by atoms with Crippen LogP contribution in [0.25, 0.3) is 11.1 Å². The van der Waals surface area contributed by atoms with E-state index in [1.165, 1.54) is 0 Å². The molecule has 136 valence electrons. The molecule has 6 heteroatoms. The van der Waals surface area contributed by atoms with Gasteiger partial charge in [0.25, 0.3) is 0 Å². The molecule has 5 nitrogen and oxygen atoms in total. The van der Waals surface area contributed by atoms with Crippen LogP contribution in [0.2, 0.25) is 0 Å². The van der Waals surface area contributed by atoms with Gasteiger partial charge in [-0.1, -0.05) is 65.2 Å². The Balaban J connectivity index is 1.75. The molecule has 1 fully saturated rings. The summed E-state index contributed by atoms with van der Waals surface area (Å²) in [6.07, 6.45) is 3.57. The predicted molar refractivity (Wildman–Crippen MR) is 106 cm³/mol. The number of amides is 2. The predicted octanol–water partition coefficient (Wildman–Crippen LogP) is 4.03. The monoisotopic (exact) mass is 415 g/mol. The first-order chi connectivity index (χ1) is 12.6. The lowest BCUT2D eigenvalue weighted by molar-refractivity contribution is 0.0858. The van der Waals surface area contributed by atoms with Gasteiger partial charge in [0.1, 0.15) is 0 Å². The summed E-state index contributed by atoms with van der Waals surface area (Å²) in [5.74, 6) is 5.02. The molecule has 1 aliphatic rings. The quantitative estimate of drug-likeness (QED) is 0.305. The van der Waals surface area contributed by atoms with Gasteiger partial charge in [0, 0.05) is 22.0 Å². The van der Waals surface area contributed by atoms with Crippen molar-refractivity contribution in [2.75, 3.05) is 0 Å². The first kappa shape index (κ1) is 18.6. The number of nitrogens with two attached hydrogens (primary N) is 1. The fourth-order valence-electron chi connectivity index (χ4n) is 3.51. The van der Waals surface area contributed by atoms with E-state index in [-0.39, 0.29) is 17.7 Å². The zero-order valence-electron chi connectivity index (χ0n) is 14.4. The molecule has 2 unspecified atom stereocenters. The van der Waals surface area contributed by atoms with E-state index < -0.39 is 6.03 Å². The summed E-state index contributed by atoms with van der Waals surface area (Å²) < 4.78 is 1.03. The van der Waals surface area contributed by atoms with Gasteiger partial charge in [-0.25, -0.2) is 10.6 Å². The van der Waals surface area contributed by atoms with Crippen LogP contribution in [-0.4, -0.2) is 17.9 Å². The van der Waals surface area contributed by atoms with Gasteiger partial charge in [0.2, 0.25) is 0 Å². The number of hydrazine groups is 1. The zero-order valence-corrected chi connectivity index (χ0v) is 16.0. The van der Waals surface area contributed by atoms with Gasteiger partial charge in [-0.05, 0) is 36.1 Å². The maximum absolute atomic E-state index is 13.0. The molecule has 3 rings (SSSR count). The summed E-state index contributed by atoms with van der Waals surface area (Å²) in [6, 6.07) is 15.1. The second-order valence-electron chi connectivity index (χ2n) is 6.56. The molecule has 2 amide bonds. The maximum Gasteiger partial charge on any atom is 0.329 e. The molecule has 1 aliphatic carbocycles. The van der Waals surface area contributed by atoms with E-state index in [4.69, 9.17) is 5.84 Å². The van der Waals surface area contributed by atoms with Crippen molar-refractivity contribution < 1.29 is 9.59 Å². The summed E-state index contributed by atoms with van der Waals surface area (Å²) in [6.45, 7) is 0. The topological polar surface area (TPSA) is 84.2 Å². The third-order valence-electron chi connectivity index (χ3n) is 4.90. The Morgan fingerprint density at radius 2 is 1.50 bits per heavy atom. The van der Waals surface area contributed by atoms with Crippen LogP contribution in [-0.2, 0) is 0 Å². The minimum Gasteiger partial charge on any atom is -0.334 e. The Morgan fingerprint density at radius 1 is 0.923 bits per heavy atom. The Morgan fingerprint density at radius 3 is 2.12 bits per heavy atom. The summed E-state index contributed by atoms with van der Waals surface area (Å²) >= 11 is 3.43. The lowest BCUT2D eigenvalue weighted by Gasteiger charge is -2.31. The average Bonchev–Trinajstić information content (AvgIpc) is 2.68. The molecule has 0 bridgehead atoms. The highest BCUT2D eigenvalue weighted by Gasteiger charge is 2.32. The van der Waals surface area contributed by atoms with Crippen molar-refractivity contribution in [3.63, 3.8) is 0 Å². The van der Waals surface area contributed by atoms with Crippen molar-refractivity contribution in [2.45, 2.75) is 31.7 Å². The number of halogens is 1. The Kier molecular flexibility index (Phi) is 6.06. The number of benzene rings is 2. The summed E-state index contributed by atoms with van der Waals surface area (Å²) in [5.41, 5.74) is 4.92. The summed E-state index contributed by atoms with van der Waals surface area (Å²) in [4.78, 5) is 24.5. The van der Waals surface area contributed by atoms with Crippen LogP contribution in [0.5, 0.6) is 0 Å². The van der Waals surface area contributed by atoms with Crippen LogP contribution in [0, 0.1) is 5.92 Å². The third-order valence-corrected chi connectivity index (χ3v) is 5.43. The molecule has 0 spiro atoms. The Hall–Kier alpha value is -2.18. The van der Waals surface area contributed by atoms with Crippen LogP contribution in [0.4, 0.5) is 4.79 Å². The van der Waals surface area contributed by atoms with Gasteiger partial charge in [0.05, 0.1) is 0 Å². The molecule has 0 saturated heterocycles. The molecule has 0 heterocycles. The van der Waals surface area contributed by atoms with Gasteiger partial charge in [0.15, 0.2) is 5.78 Å². The number of carbonyl (C=O) groups excluding carboxylic acids is 2. The minimum absolute atomic E-state index is 0.0781. The van der Waals surface area contributed by atoms with Crippen molar-refractivity contribution >= 4 is 27.7 Å². The number of ketones is 1. The number of carbonyl (C=O) groups is 2.